The molecular weight excluding hydrogens is 431 g/mol. The van der Waals surface area contributed by atoms with Crippen LogP contribution in [0.15, 0.2) is 0 Å². The van der Waals surface area contributed by atoms with Crippen molar-refractivity contribution in [1.29, 1.82) is 0 Å². The summed E-state index contributed by atoms with van der Waals surface area (Å²) >= 11 is 0. The molecule has 1 N–H and O–H groups in total. The average Bonchev–Trinajstić information content (AvgIpc) is 2.38. The van der Waals surface area contributed by atoms with Crippen molar-refractivity contribution in [2.24, 2.45) is 0 Å². The molecule has 0 rings (SSSR count). The van der Waals surface area contributed by atoms with Gasteiger partial charge in [-0.3, -0.25) is 9.05 Å². The molecule has 0 aliphatic rings. The van der Waals surface area contributed by atoms with Gasteiger partial charge in [-0.05, 0) is 26.7 Å². The van der Waals surface area contributed by atoms with Crippen molar-refractivity contribution in [3.05, 3.63) is 0 Å². The minimum absolute atomic E-state index is 0. The molecule has 2 unspecified atom stereocenters. The third-order valence-electron chi connectivity index (χ3n) is 3.55. The largest absolute Gasteiger partial charge is 0.472 e. The second kappa shape index (κ2) is 16.0. The smallest absolute Gasteiger partial charge is 0.302 e. The van der Waals surface area contributed by atoms with E-state index in [1.54, 1.807) is 0 Å². The summed E-state index contributed by atoms with van der Waals surface area (Å²) in [6.07, 6.45) is 10.3. The van der Waals surface area contributed by atoms with E-state index in [4.69, 9.17) is 9.05 Å². The van der Waals surface area contributed by atoms with Gasteiger partial charge in [0.25, 0.3) is 0 Å². The Morgan fingerprint density at radius 3 is 1.50 bits per heavy atom. The number of hydrogen-bond acceptors (Lipinski definition) is 3. The first-order valence-electron chi connectivity index (χ1n) is 8.60. The Bertz CT molecular complexity index is 265. The molecule has 132 valence electrons. The summed E-state index contributed by atoms with van der Waals surface area (Å²) in [4.78, 5) is 9.77. The van der Waals surface area contributed by atoms with Crippen molar-refractivity contribution in [2.45, 2.75) is 104 Å². The van der Waals surface area contributed by atoms with Crippen LogP contribution in [-0.2, 0) is 13.6 Å². The van der Waals surface area contributed by atoms with Gasteiger partial charge in [-0.15, -0.1) is 0 Å². The van der Waals surface area contributed by atoms with Crippen LogP contribution in [0.2, 0.25) is 0 Å². The van der Waals surface area contributed by atoms with Gasteiger partial charge in [0.05, 0.1) is 12.2 Å². The summed E-state index contributed by atoms with van der Waals surface area (Å²) in [5.41, 5.74) is 0. The van der Waals surface area contributed by atoms with Gasteiger partial charge in [0.2, 0.25) is 0 Å². The molecule has 0 aromatic carbocycles. The van der Waals surface area contributed by atoms with Gasteiger partial charge < -0.3 is 4.89 Å². The van der Waals surface area contributed by atoms with Gasteiger partial charge in [-0.25, -0.2) is 4.57 Å². The molecule has 0 aliphatic heterocycles. The Hall–Kier alpha value is 1.46. The second-order valence-corrected chi connectivity index (χ2v) is 7.36. The first-order valence-corrected chi connectivity index (χ1v) is 10.1. The third-order valence-corrected chi connectivity index (χ3v) is 4.81. The minimum Gasteiger partial charge on any atom is -0.302 e. The molecule has 0 radical (unpaired) electrons. The van der Waals surface area contributed by atoms with Gasteiger partial charge >= 0.3 is 7.82 Å². The maximum Gasteiger partial charge on any atom is 0.472 e. The van der Waals surface area contributed by atoms with Crippen LogP contribution in [0.5, 0.6) is 0 Å². The van der Waals surface area contributed by atoms with Crippen molar-refractivity contribution in [3.63, 3.8) is 0 Å². The number of phosphoric acid groups is 1. The molecule has 22 heavy (non-hydrogen) atoms. The maximum atomic E-state index is 11.9. The van der Waals surface area contributed by atoms with E-state index in [1.165, 1.54) is 25.7 Å². The zero-order valence-corrected chi connectivity index (χ0v) is 18.9. The van der Waals surface area contributed by atoms with Crippen LogP contribution < -0.4 is 0 Å². The van der Waals surface area contributed by atoms with E-state index >= 15 is 0 Å². The van der Waals surface area contributed by atoms with E-state index in [1.807, 2.05) is 13.8 Å². The molecule has 0 saturated carbocycles. The first-order chi connectivity index (χ1) is 9.91. The molecule has 0 fully saturated rings. The van der Waals surface area contributed by atoms with Crippen LogP contribution in [0, 0.1) is 40.8 Å². The number of rotatable bonds is 14. The van der Waals surface area contributed by atoms with Crippen molar-refractivity contribution in [2.75, 3.05) is 0 Å². The predicted octanol–water partition coefficient (Wildman–Crippen LogP) is 5.84. The molecule has 0 aromatic heterocycles. The molecular formula is C16H35NdO4P. The summed E-state index contributed by atoms with van der Waals surface area (Å²) in [7, 11) is -3.92. The van der Waals surface area contributed by atoms with Crippen molar-refractivity contribution < 1.29 is 59.3 Å². The summed E-state index contributed by atoms with van der Waals surface area (Å²) in [6, 6.07) is 0. The van der Waals surface area contributed by atoms with E-state index in [0.717, 1.165) is 38.5 Å². The normalized spacial score (nSPS) is 16.6. The van der Waals surface area contributed by atoms with Gasteiger partial charge in [-0.2, -0.15) is 0 Å². The molecule has 0 saturated heterocycles. The molecule has 6 heteroatoms. The van der Waals surface area contributed by atoms with Gasteiger partial charge in [0, 0.05) is 40.8 Å². The fourth-order valence-corrected chi connectivity index (χ4v) is 3.47. The summed E-state index contributed by atoms with van der Waals surface area (Å²) in [5.74, 6) is 0. The number of unbranched alkanes of at least 4 members (excludes halogenated alkanes) is 6. The SMILES string of the molecule is CCCCCCC(C)OP(=O)(O)OC(C)CCCCCC.[Nd]. The molecule has 2 atom stereocenters. The summed E-state index contributed by atoms with van der Waals surface area (Å²) in [5, 5.41) is 0. The van der Waals surface area contributed by atoms with Crippen molar-refractivity contribution in [3.8, 4) is 0 Å². The van der Waals surface area contributed by atoms with Crippen LogP contribution in [-0.4, -0.2) is 17.1 Å². The Balaban J connectivity index is 0. The van der Waals surface area contributed by atoms with Crippen molar-refractivity contribution in [1.82, 2.24) is 0 Å². The zero-order valence-electron chi connectivity index (χ0n) is 14.8. The van der Waals surface area contributed by atoms with Crippen LogP contribution >= 0.6 is 7.82 Å². The Labute approximate surface area is 170 Å². The fraction of sp³-hybridized carbons (Fsp3) is 1.00. The second-order valence-electron chi connectivity index (χ2n) is 6.00. The molecule has 0 amide bonds. The minimum atomic E-state index is -3.92. The Morgan fingerprint density at radius 1 is 0.818 bits per heavy atom. The Morgan fingerprint density at radius 2 is 1.18 bits per heavy atom. The molecule has 0 spiro atoms. The van der Waals surface area contributed by atoms with Gasteiger partial charge in [-0.1, -0.05) is 65.2 Å². The van der Waals surface area contributed by atoms with E-state index in [2.05, 4.69) is 13.8 Å². The molecule has 0 aromatic rings. The Kier molecular flexibility index (Phi) is 18.6. The van der Waals surface area contributed by atoms with Crippen LogP contribution in [0.1, 0.15) is 91.9 Å². The predicted molar refractivity (Wildman–Crippen MR) is 88.4 cm³/mol. The topological polar surface area (TPSA) is 55.8 Å². The standard InChI is InChI=1S/C16H35O4P.Nd/c1-5-7-9-11-13-15(3)19-21(17,18)20-16(4)14-12-10-8-6-2;/h15-16H,5-14H2,1-4H3,(H,17,18);. The quantitative estimate of drug-likeness (QED) is 0.258. The average molecular weight is 467 g/mol. The molecule has 0 aliphatic carbocycles. The zero-order chi connectivity index (χ0) is 16.1. The maximum absolute atomic E-state index is 11.9. The number of hydrogen-bond donors (Lipinski definition) is 1. The molecule has 4 nitrogen and oxygen atoms in total. The van der Waals surface area contributed by atoms with Crippen molar-refractivity contribution >= 4 is 7.82 Å². The van der Waals surface area contributed by atoms with E-state index in [0.29, 0.717) is 0 Å². The molecule has 0 bridgehead atoms. The summed E-state index contributed by atoms with van der Waals surface area (Å²) in [6.45, 7) is 8.00. The fourth-order valence-electron chi connectivity index (χ4n) is 2.30. The third kappa shape index (κ3) is 16.3. The van der Waals surface area contributed by atoms with E-state index < -0.39 is 7.82 Å². The van der Waals surface area contributed by atoms with E-state index in [9.17, 15) is 9.46 Å². The summed E-state index contributed by atoms with van der Waals surface area (Å²) < 4.78 is 22.3. The number of phosphoric ester groups is 1. The molecule has 0 heterocycles. The van der Waals surface area contributed by atoms with Gasteiger partial charge in [0.1, 0.15) is 0 Å². The van der Waals surface area contributed by atoms with Crippen LogP contribution in [0.4, 0.5) is 0 Å². The van der Waals surface area contributed by atoms with Crippen LogP contribution in [0.3, 0.4) is 0 Å². The first kappa shape index (κ1) is 25.7. The monoisotopic (exact) mass is 464 g/mol. The van der Waals surface area contributed by atoms with E-state index in [-0.39, 0.29) is 53.0 Å². The van der Waals surface area contributed by atoms with Crippen LogP contribution in [0.25, 0.3) is 0 Å². The van der Waals surface area contributed by atoms with Gasteiger partial charge in [0.15, 0.2) is 0 Å².